The lowest BCUT2D eigenvalue weighted by Crippen LogP contribution is -2.44. The molecule has 1 spiro atoms. The maximum atomic E-state index is 12.7. The van der Waals surface area contributed by atoms with Crippen LogP contribution in [0.5, 0.6) is 0 Å². The van der Waals surface area contributed by atoms with Crippen LogP contribution in [0.2, 0.25) is 0 Å². The molecule has 31 heavy (non-hydrogen) atoms. The summed E-state index contributed by atoms with van der Waals surface area (Å²) >= 11 is 7.52. The number of allylic oxidation sites excluding steroid dienone is 6. The van der Waals surface area contributed by atoms with E-state index in [-0.39, 0.29) is 11.5 Å². The summed E-state index contributed by atoms with van der Waals surface area (Å²) in [6.45, 7) is 10.1. The number of fused-ring (bicyclic) bond motifs is 2. The fourth-order valence-electron chi connectivity index (χ4n) is 4.47. The fraction of sp³-hybridized carbons (Fsp3) is 0.360. The van der Waals surface area contributed by atoms with Crippen molar-refractivity contribution in [2.45, 2.75) is 45.3 Å². The number of thioether (sulfide) groups is 1. The van der Waals surface area contributed by atoms with Crippen LogP contribution < -0.4 is 0 Å². The monoisotopic (exact) mass is 454 g/mol. The Morgan fingerprint density at radius 2 is 2.06 bits per heavy atom. The lowest BCUT2D eigenvalue weighted by atomic mass is 9.84. The largest absolute Gasteiger partial charge is 0.365 e. The van der Waals surface area contributed by atoms with Gasteiger partial charge in [-0.05, 0) is 66.3 Å². The number of rotatable bonds is 4. The van der Waals surface area contributed by atoms with Gasteiger partial charge in [0.05, 0.1) is 17.1 Å². The van der Waals surface area contributed by atoms with Gasteiger partial charge in [0.2, 0.25) is 0 Å². The van der Waals surface area contributed by atoms with Crippen molar-refractivity contribution in [1.29, 1.82) is 0 Å². The molecule has 0 unspecified atom stereocenters. The quantitative estimate of drug-likeness (QED) is 0.409. The SMILES string of the molecule is C=C\C(Cl)=C/C=C(C)/C(CC)=C1\SC(N2CCC3(CC2)OCc2ccccc23)=NC1=O. The van der Waals surface area contributed by atoms with E-state index < -0.39 is 0 Å². The molecule has 0 atom stereocenters. The lowest BCUT2D eigenvalue weighted by molar-refractivity contribution is -0.113. The zero-order chi connectivity index (χ0) is 22.0. The molecule has 1 fully saturated rings. The Bertz CT molecular complexity index is 1030. The van der Waals surface area contributed by atoms with Crippen molar-refractivity contribution in [1.82, 2.24) is 4.90 Å². The van der Waals surface area contributed by atoms with Gasteiger partial charge in [0.25, 0.3) is 5.91 Å². The van der Waals surface area contributed by atoms with E-state index in [0.29, 0.717) is 11.6 Å². The Morgan fingerprint density at radius 3 is 2.77 bits per heavy atom. The van der Waals surface area contributed by atoms with Gasteiger partial charge in [0.15, 0.2) is 5.17 Å². The number of ether oxygens (including phenoxy) is 1. The predicted molar refractivity (Wildman–Crippen MR) is 129 cm³/mol. The number of benzene rings is 1. The number of likely N-dealkylation sites (tertiary alicyclic amines) is 1. The molecule has 0 saturated carbocycles. The van der Waals surface area contributed by atoms with E-state index in [1.54, 1.807) is 12.2 Å². The summed E-state index contributed by atoms with van der Waals surface area (Å²) < 4.78 is 6.27. The van der Waals surface area contributed by atoms with Crippen LogP contribution in [-0.2, 0) is 21.7 Å². The van der Waals surface area contributed by atoms with Gasteiger partial charge in [-0.3, -0.25) is 4.79 Å². The van der Waals surface area contributed by atoms with Gasteiger partial charge in [-0.15, -0.1) is 0 Å². The number of nitrogens with zero attached hydrogens (tertiary/aromatic N) is 2. The molecule has 1 amide bonds. The van der Waals surface area contributed by atoms with Crippen LogP contribution in [0.25, 0.3) is 0 Å². The zero-order valence-electron chi connectivity index (χ0n) is 18.0. The van der Waals surface area contributed by atoms with Crippen LogP contribution in [0.4, 0.5) is 0 Å². The summed E-state index contributed by atoms with van der Waals surface area (Å²) in [5, 5.41) is 1.37. The van der Waals surface area contributed by atoms with Crippen LogP contribution in [-0.4, -0.2) is 29.1 Å². The molecule has 6 heteroatoms. The van der Waals surface area contributed by atoms with Crippen molar-refractivity contribution in [3.05, 3.63) is 81.3 Å². The molecule has 3 aliphatic rings. The van der Waals surface area contributed by atoms with E-state index >= 15 is 0 Å². The molecule has 3 aliphatic heterocycles. The van der Waals surface area contributed by atoms with Crippen molar-refractivity contribution >= 4 is 34.4 Å². The maximum absolute atomic E-state index is 12.7. The summed E-state index contributed by atoms with van der Waals surface area (Å²) in [6.07, 6.45) is 7.89. The van der Waals surface area contributed by atoms with Gasteiger partial charge in [-0.25, -0.2) is 0 Å². The molecule has 4 nitrogen and oxygen atoms in total. The second-order valence-corrected chi connectivity index (χ2v) is 9.41. The minimum absolute atomic E-state index is 0.147. The molecule has 1 saturated heterocycles. The topological polar surface area (TPSA) is 41.9 Å². The molecule has 4 rings (SSSR count). The maximum Gasteiger partial charge on any atom is 0.286 e. The number of aliphatic imine (C=N–C) groups is 1. The average Bonchev–Trinajstić information content (AvgIpc) is 3.35. The number of carbonyl (C=O) groups excluding carboxylic acids is 1. The first-order valence-corrected chi connectivity index (χ1v) is 11.8. The fourth-order valence-corrected chi connectivity index (χ4v) is 5.72. The van der Waals surface area contributed by atoms with E-state index in [0.717, 1.165) is 53.6 Å². The van der Waals surface area contributed by atoms with Gasteiger partial charge in [-0.2, -0.15) is 4.99 Å². The number of amidine groups is 1. The predicted octanol–water partition coefficient (Wildman–Crippen LogP) is 6.06. The summed E-state index contributed by atoms with van der Waals surface area (Å²) in [4.78, 5) is 20.1. The first-order valence-electron chi connectivity index (χ1n) is 10.7. The average molecular weight is 455 g/mol. The Morgan fingerprint density at radius 1 is 1.32 bits per heavy atom. The molecule has 1 aromatic carbocycles. The summed E-state index contributed by atoms with van der Waals surface area (Å²) in [7, 11) is 0. The summed E-state index contributed by atoms with van der Waals surface area (Å²) in [5.41, 5.74) is 4.46. The van der Waals surface area contributed by atoms with Crippen molar-refractivity contribution in [3.63, 3.8) is 0 Å². The second-order valence-electron chi connectivity index (χ2n) is 8.00. The standard InChI is InChI=1S/C25H27ClN2O2S/c1-4-19(26)11-10-17(3)20(5-2)22-23(29)27-24(31-22)28-14-12-25(13-15-28)21-9-7-6-8-18(21)16-30-25/h4,6-11H,1,5,12-16H2,2-3H3/b17-10+,19-11+,22-20-. The third kappa shape index (κ3) is 4.32. The lowest BCUT2D eigenvalue weighted by Gasteiger charge is -2.39. The summed E-state index contributed by atoms with van der Waals surface area (Å²) in [5.74, 6) is -0.147. The first-order chi connectivity index (χ1) is 15.0. The highest BCUT2D eigenvalue weighted by molar-refractivity contribution is 8.18. The normalized spacial score (nSPS) is 22.6. The van der Waals surface area contributed by atoms with Crippen molar-refractivity contribution < 1.29 is 9.53 Å². The highest BCUT2D eigenvalue weighted by Crippen LogP contribution is 2.45. The number of piperidine rings is 1. The molecular formula is C25H27ClN2O2S. The smallest absolute Gasteiger partial charge is 0.286 e. The van der Waals surface area contributed by atoms with E-state index in [2.05, 4.69) is 47.7 Å². The van der Waals surface area contributed by atoms with Crippen molar-refractivity contribution in [2.24, 2.45) is 4.99 Å². The molecule has 162 valence electrons. The van der Waals surface area contributed by atoms with E-state index in [1.165, 1.54) is 22.9 Å². The molecular weight excluding hydrogens is 428 g/mol. The van der Waals surface area contributed by atoms with Crippen LogP contribution in [0.15, 0.2) is 75.1 Å². The summed E-state index contributed by atoms with van der Waals surface area (Å²) in [6, 6.07) is 8.51. The Kier molecular flexibility index (Phi) is 6.56. The third-order valence-corrected chi connectivity index (χ3v) is 7.67. The minimum Gasteiger partial charge on any atom is -0.365 e. The number of halogens is 1. The molecule has 1 aromatic rings. The van der Waals surface area contributed by atoms with Crippen LogP contribution in [0.3, 0.4) is 0 Å². The van der Waals surface area contributed by atoms with Gasteiger partial charge in [0.1, 0.15) is 0 Å². The van der Waals surface area contributed by atoms with Gasteiger partial charge in [0, 0.05) is 18.1 Å². The van der Waals surface area contributed by atoms with E-state index in [9.17, 15) is 4.79 Å². The molecule has 0 aliphatic carbocycles. The van der Waals surface area contributed by atoms with E-state index in [4.69, 9.17) is 16.3 Å². The molecule has 0 N–H and O–H groups in total. The molecule has 0 bridgehead atoms. The number of amides is 1. The second kappa shape index (κ2) is 9.19. The first kappa shape index (κ1) is 22.1. The minimum atomic E-state index is -0.190. The van der Waals surface area contributed by atoms with Crippen LogP contribution in [0, 0.1) is 0 Å². The van der Waals surface area contributed by atoms with Crippen LogP contribution in [0.1, 0.15) is 44.2 Å². The Hall–Kier alpha value is -2.08. The highest BCUT2D eigenvalue weighted by Gasteiger charge is 2.43. The van der Waals surface area contributed by atoms with Crippen molar-refractivity contribution in [2.75, 3.05) is 13.1 Å². The zero-order valence-corrected chi connectivity index (χ0v) is 19.6. The van der Waals surface area contributed by atoms with Gasteiger partial charge < -0.3 is 9.64 Å². The highest BCUT2D eigenvalue weighted by atomic mass is 35.5. The van der Waals surface area contributed by atoms with Crippen molar-refractivity contribution in [3.8, 4) is 0 Å². The van der Waals surface area contributed by atoms with E-state index in [1.807, 2.05) is 13.0 Å². The van der Waals surface area contributed by atoms with Gasteiger partial charge >= 0.3 is 0 Å². The third-order valence-electron chi connectivity index (χ3n) is 6.23. The molecule has 3 heterocycles. The van der Waals surface area contributed by atoms with Crippen LogP contribution >= 0.6 is 23.4 Å². The number of hydrogen-bond acceptors (Lipinski definition) is 4. The number of carbonyl (C=O) groups is 1. The van der Waals surface area contributed by atoms with Gasteiger partial charge in [-0.1, -0.05) is 61.5 Å². The Balaban J connectivity index is 1.48. The Labute approximate surface area is 193 Å². The molecule has 0 aromatic heterocycles. The number of hydrogen-bond donors (Lipinski definition) is 0. The molecule has 0 radical (unpaired) electrons.